The molecular formula is C22H25N3OS2. The van der Waals surface area contributed by atoms with Gasteiger partial charge in [0.15, 0.2) is 0 Å². The van der Waals surface area contributed by atoms with Gasteiger partial charge < -0.3 is 5.32 Å². The maximum absolute atomic E-state index is 12.4. The van der Waals surface area contributed by atoms with Crippen molar-refractivity contribution in [3.05, 3.63) is 20.3 Å². The highest BCUT2D eigenvalue weighted by atomic mass is 32.1. The first-order valence-corrected chi connectivity index (χ1v) is 11.5. The summed E-state index contributed by atoms with van der Waals surface area (Å²) in [5.41, 5.74) is 2.50. The van der Waals surface area contributed by atoms with E-state index in [0.29, 0.717) is 18.9 Å². The Hall–Kier alpha value is -1.94. The summed E-state index contributed by atoms with van der Waals surface area (Å²) in [4.78, 5) is 21.2. The number of terminal acetylenes is 1. The molecule has 4 rings (SSSR count). The van der Waals surface area contributed by atoms with E-state index >= 15 is 0 Å². The molecule has 0 bridgehead atoms. The number of rotatable bonds is 5. The van der Waals surface area contributed by atoms with Gasteiger partial charge in [0.2, 0.25) is 5.91 Å². The Morgan fingerprint density at radius 1 is 1.36 bits per heavy atom. The second-order valence-electron chi connectivity index (χ2n) is 7.53. The molecule has 1 amide bonds. The van der Waals surface area contributed by atoms with Crippen LogP contribution in [0.15, 0.2) is 0 Å². The monoisotopic (exact) mass is 411 g/mol. The summed E-state index contributed by atoms with van der Waals surface area (Å²) < 4.78 is 1.26. The molecule has 0 radical (unpaired) electrons. The van der Waals surface area contributed by atoms with E-state index in [-0.39, 0.29) is 5.91 Å². The molecule has 1 aliphatic carbocycles. The van der Waals surface area contributed by atoms with Gasteiger partial charge in [0.1, 0.15) is 10.0 Å². The van der Waals surface area contributed by atoms with Gasteiger partial charge in [0, 0.05) is 42.4 Å². The van der Waals surface area contributed by atoms with Gasteiger partial charge in [0.05, 0.1) is 9.88 Å². The van der Waals surface area contributed by atoms with Gasteiger partial charge >= 0.3 is 0 Å². The van der Waals surface area contributed by atoms with Gasteiger partial charge in [-0.25, -0.2) is 4.98 Å². The van der Waals surface area contributed by atoms with Crippen molar-refractivity contribution in [2.75, 3.05) is 11.9 Å². The van der Waals surface area contributed by atoms with Crippen molar-refractivity contribution >= 4 is 45.7 Å². The minimum absolute atomic E-state index is 0.0158. The fourth-order valence-corrected chi connectivity index (χ4v) is 6.20. The highest BCUT2D eigenvalue weighted by Gasteiger charge is 2.28. The molecule has 0 atom stereocenters. The van der Waals surface area contributed by atoms with Crippen LogP contribution in [0.5, 0.6) is 0 Å². The van der Waals surface area contributed by atoms with Crippen LogP contribution < -0.4 is 15.2 Å². The number of carbonyl (C=O) groups is 1. The molecule has 0 saturated carbocycles. The molecule has 2 aliphatic rings. The van der Waals surface area contributed by atoms with E-state index in [0.717, 1.165) is 53.3 Å². The Kier molecular flexibility index (Phi) is 5.68. The normalized spacial score (nSPS) is 15.9. The predicted octanol–water partition coefficient (Wildman–Crippen LogP) is 3.34. The fraction of sp³-hybridized carbons (Fsp3) is 0.455. The lowest BCUT2D eigenvalue weighted by atomic mass is 10.0. The predicted molar refractivity (Wildman–Crippen MR) is 119 cm³/mol. The van der Waals surface area contributed by atoms with Gasteiger partial charge in [-0.2, -0.15) is 0 Å². The first kappa shape index (κ1) is 19.4. The average molecular weight is 412 g/mol. The summed E-state index contributed by atoms with van der Waals surface area (Å²) in [7, 11) is 0. The average Bonchev–Trinajstić information content (AvgIpc) is 3.25. The molecule has 4 nitrogen and oxygen atoms in total. The molecule has 6 heteroatoms. The Morgan fingerprint density at radius 3 is 2.93 bits per heavy atom. The molecule has 2 aromatic heterocycles. The molecule has 0 saturated heterocycles. The maximum atomic E-state index is 12.4. The summed E-state index contributed by atoms with van der Waals surface area (Å²) in [6, 6.07) is 0.517. The van der Waals surface area contributed by atoms with Crippen LogP contribution >= 0.6 is 22.7 Å². The molecule has 28 heavy (non-hydrogen) atoms. The van der Waals surface area contributed by atoms with Crippen molar-refractivity contribution in [2.45, 2.75) is 58.5 Å². The number of fused-ring (bicyclic) bond motifs is 2. The zero-order valence-electron chi connectivity index (χ0n) is 16.4. The summed E-state index contributed by atoms with van der Waals surface area (Å²) in [5.74, 6) is 2.53. The number of nitrogens with one attached hydrogen (secondary N) is 1. The third-order valence-corrected chi connectivity index (χ3v) is 7.51. The minimum Gasteiger partial charge on any atom is -0.317 e. The van der Waals surface area contributed by atoms with Crippen LogP contribution in [0, 0.1) is 12.3 Å². The zero-order chi connectivity index (χ0) is 19.7. The van der Waals surface area contributed by atoms with Crippen LogP contribution in [0.25, 0.3) is 22.7 Å². The zero-order valence-corrected chi connectivity index (χ0v) is 18.0. The third kappa shape index (κ3) is 3.80. The van der Waals surface area contributed by atoms with Gasteiger partial charge in [0.25, 0.3) is 0 Å². The smallest absolute Gasteiger partial charge is 0.225 e. The molecule has 0 spiro atoms. The number of nitrogens with zero attached hydrogens (tertiary/aromatic N) is 2. The Bertz CT molecular complexity index is 1020. The molecular weight excluding hydrogens is 386 g/mol. The standard InChI is InChI=1S/C22H25N3OS2/c1-4-5-10-19(26)24-22-20(21-23-16-8-6-7-9-17(16)27-21)15-11-12-25(14(2)3)13-18(15)28-22/h1,8-9,14H,5-7,10-13H2,2-3H3,(H,24,26). The van der Waals surface area contributed by atoms with Crippen LogP contribution in [0.2, 0.25) is 0 Å². The topological polar surface area (TPSA) is 45.2 Å². The van der Waals surface area contributed by atoms with E-state index in [9.17, 15) is 4.79 Å². The highest BCUT2D eigenvalue weighted by Crippen LogP contribution is 2.43. The minimum atomic E-state index is -0.0158. The fourth-order valence-electron chi connectivity index (χ4n) is 3.73. The number of amides is 1. The van der Waals surface area contributed by atoms with Crippen molar-refractivity contribution in [1.82, 2.24) is 9.88 Å². The quantitative estimate of drug-likeness (QED) is 0.768. The Labute approximate surface area is 174 Å². The third-order valence-electron chi connectivity index (χ3n) is 5.30. The largest absolute Gasteiger partial charge is 0.317 e. The molecule has 1 N–H and O–H groups in total. The number of hydrogen-bond donors (Lipinski definition) is 1. The van der Waals surface area contributed by atoms with Crippen molar-refractivity contribution in [1.29, 1.82) is 0 Å². The molecule has 2 aromatic rings. The number of aromatic nitrogens is 1. The van der Waals surface area contributed by atoms with Crippen molar-refractivity contribution in [3.63, 3.8) is 0 Å². The second kappa shape index (κ2) is 8.20. The van der Waals surface area contributed by atoms with E-state index in [2.05, 4.69) is 42.1 Å². The number of anilines is 1. The first-order valence-electron chi connectivity index (χ1n) is 9.86. The van der Waals surface area contributed by atoms with Crippen LogP contribution in [0.3, 0.4) is 0 Å². The Balaban J connectivity index is 1.76. The van der Waals surface area contributed by atoms with Gasteiger partial charge in [-0.05, 0) is 38.7 Å². The van der Waals surface area contributed by atoms with E-state index in [4.69, 9.17) is 11.4 Å². The van der Waals surface area contributed by atoms with Gasteiger partial charge in [-0.1, -0.05) is 12.2 Å². The molecule has 1 aliphatic heterocycles. The summed E-state index contributed by atoms with van der Waals surface area (Å²) in [6.45, 7) is 6.46. The number of thiophene rings is 1. The van der Waals surface area contributed by atoms with Crippen LogP contribution in [-0.4, -0.2) is 28.4 Å². The maximum Gasteiger partial charge on any atom is 0.225 e. The molecule has 0 aromatic carbocycles. The van der Waals surface area contributed by atoms with Crippen molar-refractivity contribution < 1.29 is 4.79 Å². The lowest BCUT2D eigenvalue weighted by Crippen LogP contribution is -2.35. The number of carbonyl (C=O) groups excluding carboxylic acids is 1. The van der Waals surface area contributed by atoms with Crippen LogP contribution in [0.1, 0.15) is 50.0 Å². The molecule has 3 heterocycles. The van der Waals surface area contributed by atoms with E-state index in [1.54, 1.807) is 22.7 Å². The number of hydrogen-bond acceptors (Lipinski definition) is 5. The molecule has 0 unspecified atom stereocenters. The van der Waals surface area contributed by atoms with E-state index < -0.39 is 0 Å². The van der Waals surface area contributed by atoms with Crippen LogP contribution in [-0.2, 0) is 17.8 Å². The van der Waals surface area contributed by atoms with E-state index in [1.165, 1.54) is 15.0 Å². The lowest BCUT2D eigenvalue weighted by molar-refractivity contribution is -0.116. The van der Waals surface area contributed by atoms with Crippen LogP contribution in [0.4, 0.5) is 5.00 Å². The highest BCUT2D eigenvalue weighted by molar-refractivity contribution is 7.18. The van der Waals surface area contributed by atoms with Gasteiger partial charge in [-0.3, -0.25) is 9.69 Å². The number of thiazole rings is 1. The summed E-state index contributed by atoms with van der Waals surface area (Å²) in [5, 5.41) is 6.19. The molecule has 0 fully saturated rings. The van der Waals surface area contributed by atoms with E-state index in [1.807, 2.05) is 0 Å². The molecule has 146 valence electrons. The van der Waals surface area contributed by atoms with Gasteiger partial charge in [-0.15, -0.1) is 35.0 Å². The van der Waals surface area contributed by atoms with Crippen molar-refractivity contribution in [3.8, 4) is 22.9 Å². The summed E-state index contributed by atoms with van der Waals surface area (Å²) >= 11 is 3.45. The Morgan fingerprint density at radius 2 is 2.18 bits per heavy atom. The summed E-state index contributed by atoms with van der Waals surface area (Å²) in [6.07, 6.45) is 13.8. The second-order valence-corrected chi connectivity index (χ2v) is 9.66. The first-order chi connectivity index (χ1) is 13.6. The van der Waals surface area contributed by atoms with Crippen molar-refractivity contribution in [2.24, 2.45) is 0 Å². The SMILES string of the molecule is C#CCCC(=O)Nc1sc2c(c1-c1nc3c(s1)=CCCC=3)CCN(C(C)C)C2. The lowest BCUT2D eigenvalue weighted by Gasteiger charge is -2.30.